The molecule has 0 saturated carbocycles. The van der Waals surface area contributed by atoms with Crippen LogP contribution in [0.1, 0.15) is 0 Å². The van der Waals surface area contributed by atoms with Gasteiger partial charge in [0.1, 0.15) is 0 Å². The average Bonchev–Trinajstić information content (AvgIpc) is 2.30. The molecule has 0 heterocycles. The van der Waals surface area contributed by atoms with E-state index in [9.17, 15) is 61.5 Å². The van der Waals surface area contributed by atoms with E-state index in [1.807, 2.05) is 0 Å². The highest BCUT2D eigenvalue weighted by atomic mass is 35.5. The molecular formula is C7ClF14NO. The van der Waals surface area contributed by atoms with Crippen molar-refractivity contribution in [1.29, 1.82) is 0 Å². The molecule has 0 aromatic rings. The van der Waals surface area contributed by atoms with Crippen LogP contribution in [0.25, 0.3) is 0 Å². The fraction of sp³-hybridized carbons (Fsp3) is 0.857. The van der Waals surface area contributed by atoms with Crippen LogP contribution in [0.4, 0.5) is 61.5 Å². The molecule has 0 aromatic heterocycles. The van der Waals surface area contributed by atoms with Crippen molar-refractivity contribution in [1.82, 2.24) is 0 Å². The lowest BCUT2D eigenvalue weighted by Crippen LogP contribution is -2.56. The lowest BCUT2D eigenvalue weighted by Gasteiger charge is -2.29. The molecule has 0 spiro atoms. The Bertz CT molecular complexity index is 473. The van der Waals surface area contributed by atoms with E-state index in [4.69, 9.17) is 0 Å². The first-order valence-corrected chi connectivity index (χ1v) is 5.07. The van der Waals surface area contributed by atoms with E-state index in [2.05, 4.69) is 16.4 Å². The van der Waals surface area contributed by atoms with Crippen LogP contribution >= 0.6 is 11.6 Å². The van der Waals surface area contributed by atoms with Crippen LogP contribution in [-0.2, 0) is 4.84 Å². The SMILES string of the molecule is F/C(=N\OC(F)(C(F)(F)F)C(F)(F)Cl)C(F)(F)C(F)(F)C(F)(F)F. The Hall–Kier alpha value is -1.22. The molecule has 0 rings (SSSR count). The standard InChI is InChI=1S/C7ClF14NO/c8-5(15,16)4(14,7(20,21)22)24-23-1(9)2(10,11)3(12,13)6(17,18)19/b23-1-. The zero-order chi connectivity index (χ0) is 20.0. The Balaban J connectivity index is 5.87. The van der Waals surface area contributed by atoms with Gasteiger partial charge in [0, 0.05) is 0 Å². The van der Waals surface area contributed by atoms with Crippen LogP contribution in [0.2, 0.25) is 0 Å². The van der Waals surface area contributed by atoms with E-state index < -0.39 is 41.4 Å². The van der Waals surface area contributed by atoms with Gasteiger partial charge in [-0.25, -0.2) is 0 Å². The van der Waals surface area contributed by atoms with Crippen molar-refractivity contribution in [2.75, 3.05) is 0 Å². The highest BCUT2D eigenvalue weighted by Gasteiger charge is 2.77. The molecule has 144 valence electrons. The van der Waals surface area contributed by atoms with Crippen molar-refractivity contribution in [2.24, 2.45) is 5.16 Å². The van der Waals surface area contributed by atoms with Gasteiger partial charge in [0.2, 0.25) is 0 Å². The second-order valence-electron chi connectivity index (χ2n) is 3.71. The monoisotopic (exact) mass is 415 g/mol. The summed E-state index contributed by atoms with van der Waals surface area (Å²) in [5, 5.41) is -5.51. The molecule has 0 N–H and O–H groups in total. The van der Waals surface area contributed by atoms with E-state index in [0.29, 0.717) is 5.16 Å². The first-order valence-electron chi connectivity index (χ1n) is 4.70. The molecule has 0 bridgehead atoms. The summed E-state index contributed by atoms with van der Waals surface area (Å²) in [7, 11) is 0. The van der Waals surface area contributed by atoms with Gasteiger partial charge in [-0.05, 0) is 16.8 Å². The maximum atomic E-state index is 12.9. The molecular weight excluding hydrogens is 416 g/mol. The summed E-state index contributed by atoms with van der Waals surface area (Å²) in [6.45, 7) is 0. The Morgan fingerprint density at radius 3 is 1.33 bits per heavy atom. The highest BCUT2D eigenvalue weighted by Crippen LogP contribution is 2.50. The van der Waals surface area contributed by atoms with Gasteiger partial charge in [-0.2, -0.15) is 61.5 Å². The maximum Gasteiger partial charge on any atom is 0.470 e. The fourth-order valence-electron chi connectivity index (χ4n) is 0.732. The number of hydrogen-bond donors (Lipinski definition) is 0. The van der Waals surface area contributed by atoms with E-state index in [1.54, 1.807) is 0 Å². The number of alkyl halides is 14. The molecule has 0 aromatic carbocycles. The van der Waals surface area contributed by atoms with E-state index in [1.165, 1.54) is 0 Å². The third-order valence-electron chi connectivity index (χ3n) is 1.99. The summed E-state index contributed by atoms with van der Waals surface area (Å²) in [4.78, 5) is 2.07. The first kappa shape index (κ1) is 22.8. The molecule has 17 heteroatoms. The Morgan fingerprint density at radius 1 is 0.708 bits per heavy atom. The molecule has 2 nitrogen and oxygen atoms in total. The Morgan fingerprint density at radius 2 is 1.08 bits per heavy atom. The minimum Gasteiger partial charge on any atom is -0.334 e. The van der Waals surface area contributed by atoms with Gasteiger partial charge >= 0.3 is 41.4 Å². The van der Waals surface area contributed by atoms with Gasteiger partial charge < -0.3 is 4.84 Å². The van der Waals surface area contributed by atoms with E-state index >= 15 is 0 Å². The summed E-state index contributed by atoms with van der Waals surface area (Å²) in [5.74, 6) is -25.2. The lowest BCUT2D eigenvalue weighted by atomic mass is 10.1. The zero-order valence-corrected chi connectivity index (χ0v) is 10.8. The van der Waals surface area contributed by atoms with Gasteiger partial charge in [0.25, 0.3) is 0 Å². The second-order valence-corrected chi connectivity index (χ2v) is 4.19. The molecule has 0 saturated heterocycles. The van der Waals surface area contributed by atoms with Crippen molar-refractivity contribution in [3.05, 3.63) is 0 Å². The predicted octanol–water partition coefficient (Wildman–Crippen LogP) is 5.18. The quantitative estimate of drug-likeness (QED) is 0.262. The van der Waals surface area contributed by atoms with Gasteiger partial charge in [-0.15, -0.1) is 0 Å². The van der Waals surface area contributed by atoms with Gasteiger partial charge in [-0.1, -0.05) is 0 Å². The highest BCUT2D eigenvalue weighted by molar-refractivity contribution is 6.22. The Labute approximate surface area is 126 Å². The lowest BCUT2D eigenvalue weighted by molar-refractivity contribution is -0.382. The number of rotatable bonds is 5. The normalized spacial score (nSPS) is 18.4. The minimum absolute atomic E-state index is 0.641. The summed E-state index contributed by atoms with van der Waals surface area (Å²) in [6.07, 6.45) is -14.0. The van der Waals surface area contributed by atoms with Gasteiger partial charge in [0.05, 0.1) is 0 Å². The maximum absolute atomic E-state index is 12.9. The zero-order valence-electron chi connectivity index (χ0n) is 10.0. The fourth-order valence-corrected chi connectivity index (χ4v) is 0.874. The van der Waals surface area contributed by atoms with E-state index in [0.717, 1.165) is 0 Å². The topological polar surface area (TPSA) is 21.6 Å². The number of oxime groups is 1. The van der Waals surface area contributed by atoms with Crippen LogP contribution in [0.3, 0.4) is 0 Å². The number of hydrogen-bond acceptors (Lipinski definition) is 2. The molecule has 24 heavy (non-hydrogen) atoms. The van der Waals surface area contributed by atoms with Crippen molar-refractivity contribution < 1.29 is 66.3 Å². The molecule has 0 amide bonds. The number of nitrogens with zero attached hydrogens (tertiary/aromatic N) is 1. The molecule has 0 fully saturated rings. The Kier molecular flexibility index (Phi) is 5.64. The summed E-state index contributed by atoms with van der Waals surface area (Å²) >= 11 is 3.62. The molecule has 0 aliphatic rings. The summed E-state index contributed by atoms with van der Waals surface area (Å²) in [6, 6.07) is 0. The largest absolute Gasteiger partial charge is 0.470 e. The molecule has 1 atom stereocenters. The van der Waals surface area contributed by atoms with Crippen molar-refractivity contribution >= 4 is 17.6 Å². The smallest absolute Gasteiger partial charge is 0.334 e. The molecule has 0 radical (unpaired) electrons. The second kappa shape index (κ2) is 5.94. The van der Waals surface area contributed by atoms with Gasteiger partial charge in [0.15, 0.2) is 0 Å². The third-order valence-corrected chi connectivity index (χ3v) is 2.23. The van der Waals surface area contributed by atoms with Gasteiger partial charge in [-0.3, -0.25) is 0 Å². The van der Waals surface area contributed by atoms with Crippen molar-refractivity contribution in [2.45, 2.75) is 35.4 Å². The van der Waals surface area contributed by atoms with E-state index in [-0.39, 0.29) is 0 Å². The molecule has 0 aliphatic carbocycles. The predicted molar refractivity (Wildman–Crippen MR) is 46.3 cm³/mol. The first-order chi connectivity index (χ1) is 10.1. The van der Waals surface area contributed by atoms with Crippen LogP contribution in [0.5, 0.6) is 0 Å². The van der Waals surface area contributed by atoms with Crippen molar-refractivity contribution in [3.63, 3.8) is 0 Å². The molecule has 1 unspecified atom stereocenters. The summed E-state index contributed by atoms with van der Waals surface area (Å²) in [5.41, 5.74) is 0. The number of halogens is 15. The van der Waals surface area contributed by atoms with Crippen LogP contribution in [0, 0.1) is 0 Å². The average molecular weight is 416 g/mol. The van der Waals surface area contributed by atoms with Crippen LogP contribution < -0.4 is 0 Å². The minimum atomic E-state index is -7.25. The van der Waals surface area contributed by atoms with Crippen LogP contribution in [-0.4, -0.2) is 41.4 Å². The van der Waals surface area contributed by atoms with Crippen molar-refractivity contribution in [3.8, 4) is 0 Å². The van der Waals surface area contributed by atoms with Crippen LogP contribution in [0.15, 0.2) is 5.16 Å². The molecule has 0 aliphatic heterocycles. The third kappa shape index (κ3) is 3.72. The summed E-state index contributed by atoms with van der Waals surface area (Å²) < 4.78 is 171.